The van der Waals surface area contributed by atoms with Crippen molar-refractivity contribution < 1.29 is 49.5 Å². The summed E-state index contributed by atoms with van der Waals surface area (Å²) >= 11 is 0. The van der Waals surface area contributed by atoms with Crippen molar-refractivity contribution in [3.05, 3.63) is 59.7 Å². The number of nitrogens with one attached hydrogen (secondary N) is 3. The van der Waals surface area contributed by atoms with Crippen molar-refractivity contribution >= 4 is 29.6 Å². The largest absolute Gasteiger partial charge is 0.508 e. The molecule has 0 radical (unpaired) electrons. The van der Waals surface area contributed by atoms with Gasteiger partial charge in [-0.2, -0.15) is 0 Å². The molecule has 2 rings (SSSR count). The molecule has 0 saturated carbocycles. The van der Waals surface area contributed by atoms with Crippen molar-refractivity contribution in [3.8, 4) is 11.5 Å². The smallest absolute Gasteiger partial charge is 0.326 e. The van der Waals surface area contributed by atoms with Gasteiger partial charge < -0.3 is 52.1 Å². The number of aliphatic hydroxyl groups excluding tert-OH is 2. The van der Waals surface area contributed by atoms with E-state index in [0.717, 1.165) is 30.6 Å². The number of nitrogens with two attached hydrogens (primary N) is 1. The fraction of sp³-hybridized carbons (Fsp3) is 0.553. The van der Waals surface area contributed by atoms with Crippen molar-refractivity contribution in [2.24, 2.45) is 11.7 Å². The summed E-state index contributed by atoms with van der Waals surface area (Å²) in [7, 11) is 1.31. The Kier molecular flexibility index (Phi) is 18.7. The number of phenolic OH excluding ortho intramolecular Hbond substituents is 2. The fourth-order valence-corrected chi connectivity index (χ4v) is 5.75. The number of hydrogen-bond acceptors (Lipinski definition) is 10. The van der Waals surface area contributed by atoms with E-state index in [9.17, 15) is 49.5 Å². The second-order valence-electron chi connectivity index (χ2n) is 13.9. The Morgan fingerprint density at radius 2 is 1.23 bits per heavy atom. The number of carbonyl (C=O) groups excluding carboxylic acids is 4. The first-order chi connectivity index (χ1) is 25.1. The zero-order valence-electron chi connectivity index (χ0n) is 31.0. The molecule has 0 spiro atoms. The molecule has 0 aliphatic heterocycles. The maximum absolute atomic E-state index is 14.0. The predicted molar refractivity (Wildman–Crippen MR) is 198 cm³/mol. The van der Waals surface area contributed by atoms with Crippen LogP contribution in [0.4, 0.5) is 0 Å². The molecule has 0 aliphatic rings. The van der Waals surface area contributed by atoms with Gasteiger partial charge in [-0.1, -0.05) is 77.1 Å². The predicted octanol–water partition coefficient (Wildman–Crippen LogP) is 1.34. The van der Waals surface area contributed by atoms with Gasteiger partial charge >= 0.3 is 5.97 Å². The van der Waals surface area contributed by atoms with Gasteiger partial charge in [0.1, 0.15) is 41.8 Å². The molecule has 4 amide bonds. The quantitative estimate of drug-likeness (QED) is 0.0735. The Bertz CT molecular complexity index is 1470. The van der Waals surface area contributed by atoms with E-state index in [1.54, 1.807) is 0 Å². The Morgan fingerprint density at radius 3 is 1.72 bits per heavy atom. The number of benzene rings is 2. The molecule has 0 saturated heterocycles. The molecular weight excluding hydrogens is 686 g/mol. The summed E-state index contributed by atoms with van der Waals surface area (Å²) in [5.41, 5.74) is 7.09. The lowest BCUT2D eigenvalue weighted by Crippen LogP contribution is -2.60. The molecule has 15 nitrogen and oxygen atoms in total. The molecule has 10 N–H and O–H groups in total. The molecule has 53 heavy (non-hydrogen) atoms. The molecule has 15 heteroatoms. The third-order valence-electron chi connectivity index (χ3n) is 8.92. The summed E-state index contributed by atoms with van der Waals surface area (Å²) in [5, 5.41) is 57.4. The van der Waals surface area contributed by atoms with Crippen molar-refractivity contribution in [3.63, 3.8) is 0 Å². The number of rotatable bonds is 23. The number of nitrogens with zero attached hydrogens (tertiary/aromatic N) is 1. The van der Waals surface area contributed by atoms with E-state index in [2.05, 4.69) is 22.9 Å². The average Bonchev–Trinajstić information content (AvgIpc) is 3.12. The maximum atomic E-state index is 14.0. The van der Waals surface area contributed by atoms with Gasteiger partial charge in [0.2, 0.25) is 17.7 Å². The first kappa shape index (κ1) is 44.4. The lowest BCUT2D eigenvalue weighted by atomic mass is 9.99. The number of carbonyl (C=O) groups is 5. The van der Waals surface area contributed by atoms with Crippen LogP contribution in [-0.4, -0.2) is 110 Å². The van der Waals surface area contributed by atoms with Gasteiger partial charge in [-0.05, 0) is 54.2 Å². The van der Waals surface area contributed by atoms with E-state index < -0.39 is 72.5 Å². The van der Waals surface area contributed by atoms with Crippen molar-refractivity contribution in [1.29, 1.82) is 0 Å². The highest BCUT2D eigenvalue weighted by molar-refractivity contribution is 5.95. The van der Waals surface area contributed by atoms with Crippen LogP contribution >= 0.6 is 0 Å². The molecule has 0 heterocycles. The SMILES string of the molecule is CCCCCCC[C@H](N)[C@H](O)C(=O)N[C@@H](CO)C(=O)N(C)[C@@H](CC(C)C)C(=O)N[C@H](Cc1ccc(O)cc1)C(=O)N[C@@H](Cc1ccc(O)cc1)C(=O)O. The number of aliphatic carboxylic acids is 1. The van der Waals surface area contributed by atoms with E-state index in [4.69, 9.17) is 5.73 Å². The van der Waals surface area contributed by atoms with E-state index in [1.165, 1.54) is 55.6 Å². The first-order valence-electron chi connectivity index (χ1n) is 18.1. The highest BCUT2D eigenvalue weighted by Crippen LogP contribution is 2.17. The zero-order valence-corrected chi connectivity index (χ0v) is 31.0. The standard InChI is InChI=1S/C38H57N5O10/c1-5-6-7-8-9-10-28(39)33(47)36(50)42-31(22-44)37(51)43(4)32(19-23(2)3)35(49)40-29(20-24-11-15-26(45)16-12-24)34(48)41-30(38(52)53)21-25-13-17-27(46)18-14-25/h11-18,23,28-33,44-47H,5-10,19-22,39H2,1-4H3,(H,40,49)(H,41,48)(H,42,50)(H,52,53)/t28-,29+,30-,31-,32-,33-/m0/s1. The normalized spacial score (nSPS) is 14.6. The Balaban J connectivity index is 2.27. The number of aliphatic hydroxyl groups is 2. The van der Waals surface area contributed by atoms with Crippen LogP contribution < -0.4 is 21.7 Å². The van der Waals surface area contributed by atoms with Gasteiger partial charge in [0, 0.05) is 25.9 Å². The molecule has 0 fully saturated rings. The van der Waals surface area contributed by atoms with E-state index in [-0.39, 0.29) is 36.7 Å². The van der Waals surface area contributed by atoms with E-state index >= 15 is 0 Å². The van der Waals surface area contributed by atoms with Crippen molar-refractivity contribution in [2.45, 2.75) is 115 Å². The number of aromatic hydroxyl groups is 2. The Hall–Kier alpha value is -4.73. The molecular formula is C38H57N5O10. The number of unbranched alkanes of at least 4 members (excludes halogenated alkanes) is 4. The second kappa shape index (κ2) is 22.4. The fourth-order valence-electron chi connectivity index (χ4n) is 5.75. The third-order valence-corrected chi connectivity index (χ3v) is 8.92. The number of hydrogen-bond donors (Lipinski definition) is 9. The number of amides is 4. The Labute approximate surface area is 311 Å². The van der Waals surface area contributed by atoms with Gasteiger partial charge in [0.15, 0.2) is 0 Å². The Morgan fingerprint density at radius 1 is 0.736 bits per heavy atom. The highest BCUT2D eigenvalue weighted by atomic mass is 16.4. The highest BCUT2D eigenvalue weighted by Gasteiger charge is 2.36. The van der Waals surface area contributed by atoms with E-state index in [0.29, 0.717) is 24.0 Å². The number of likely N-dealkylation sites (N-methyl/N-ethyl adjacent to an activating group) is 1. The molecule has 0 aromatic heterocycles. The van der Waals surface area contributed by atoms with Gasteiger partial charge in [-0.25, -0.2) is 4.79 Å². The lowest BCUT2D eigenvalue weighted by Gasteiger charge is -2.33. The summed E-state index contributed by atoms with van der Waals surface area (Å²) < 4.78 is 0. The van der Waals surface area contributed by atoms with Crippen LogP contribution in [0.5, 0.6) is 11.5 Å². The van der Waals surface area contributed by atoms with Gasteiger partial charge in [-0.15, -0.1) is 0 Å². The maximum Gasteiger partial charge on any atom is 0.326 e. The molecule has 0 unspecified atom stereocenters. The molecule has 2 aromatic rings. The van der Waals surface area contributed by atoms with Crippen LogP contribution in [0.3, 0.4) is 0 Å². The second-order valence-corrected chi connectivity index (χ2v) is 13.9. The van der Waals surface area contributed by atoms with Gasteiger partial charge in [-0.3, -0.25) is 19.2 Å². The van der Waals surface area contributed by atoms with E-state index in [1.807, 2.05) is 13.8 Å². The molecule has 294 valence electrons. The minimum atomic E-state index is -1.63. The minimum Gasteiger partial charge on any atom is -0.508 e. The molecule has 0 aliphatic carbocycles. The average molecular weight is 744 g/mol. The van der Waals surface area contributed by atoms with Crippen LogP contribution in [0.15, 0.2) is 48.5 Å². The summed E-state index contributed by atoms with van der Waals surface area (Å²) in [6.45, 7) is 4.87. The van der Waals surface area contributed by atoms with Crippen LogP contribution in [0.2, 0.25) is 0 Å². The van der Waals surface area contributed by atoms with Crippen LogP contribution in [0, 0.1) is 5.92 Å². The monoisotopic (exact) mass is 743 g/mol. The van der Waals surface area contributed by atoms with Crippen LogP contribution in [-0.2, 0) is 36.8 Å². The minimum absolute atomic E-state index is 0.0151. The summed E-state index contributed by atoms with van der Waals surface area (Å²) in [6.07, 6.45) is 3.38. The van der Waals surface area contributed by atoms with Crippen molar-refractivity contribution in [1.82, 2.24) is 20.9 Å². The first-order valence-corrected chi connectivity index (χ1v) is 18.1. The van der Waals surface area contributed by atoms with Crippen LogP contribution in [0.1, 0.15) is 76.8 Å². The molecule has 2 aromatic carbocycles. The number of phenols is 2. The van der Waals surface area contributed by atoms with Gasteiger partial charge in [0.05, 0.1) is 6.61 Å². The van der Waals surface area contributed by atoms with Crippen molar-refractivity contribution in [2.75, 3.05) is 13.7 Å². The molecule has 6 atom stereocenters. The molecule has 0 bridgehead atoms. The number of carboxylic acid groups (broad SMARTS) is 1. The van der Waals surface area contributed by atoms with Gasteiger partial charge in [0.25, 0.3) is 5.91 Å². The van der Waals surface area contributed by atoms with Crippen LogP contribution in [0.25, 0.3) is 0 Å². The third kappa shape index (κ3) is 15.0. The number of carboxylic acids is 1. The topological polar surface area (TPSA) is 252 Å². The summed E-state index contributed by atoms with van der Waals surface area (Å²) in [5.74, 6) is -4.88. The summed E-state index contributed by atoms with van der Waals surface area (Å²) in [4.78, 5) is 67.4. The zero-order chi connectivity index (χ0) is 39.7. The summed E-state index contributed by atoms with van der Waals surface area (Å²) in [6, 6.07) is 5.32. The lowest BCUT2D eigenvalue weighted by molar-refractivity contribution is -0.145.